The molecule has 0 spiro atoms. The number of allylic oxidation sites excluding steroid dienone is 1. The Kier molecular flexibility index (Phi) is 4.95. The van der Waals surface area contributed by atoms with E-state index in [1.54, 1.807) is 0 Å². The van der Waals surface area contributed by atoms with Gasteiger partial charge in [-0.2, -0.15) is 0 Å². The fraction of sp³-hybridized carbons (Fsp3) is 0.667. The fourth-order valence-corrected chi connectivity index (χ4v) is 3.58. The smallest absolute Gasteiger partial charge is 0.0900 e. The lowest BCUT2D eigenvalue weighted by Crippen LogP contribution is -2.30. The zero-order chi connectivity index (χ0) is 13.0. The molecule has 1 aliphatic rings. The minimum Gasteiger partial charge on any atom is -0.303 e. The van der Waals surface area contributed by atoms with E-state index in [1.165, 1.54) is 47.7 Å². The maximum absolute atomic E-state index is 4.52. The molecule has 1 N–H and O–H groups in total. The quantitative estimate of drug-likeness (QED) is 0.823. The van der Waals surface area contributed by atoms with Crippen LogP contribution in [-0.2, 0) is 0 Å². The average molecular weight is 264 g/mol. The summed E-state index contributed by atoms with van der Waals surface area (Å²) in [6.07, 6.45) is 11.3. The Labute approximate surface area is 115 Å². The van der Waals surface area contributed by atoms with Gasteiger partial charge in [0.1, 0.15) is 0 Å². The number of rotatable bonds is 3. The second-order valence-electron chi connectivity index (χ2n) is 5.24. The monoisotopic (exact) mass is 264 g/mol. The molecule has 0 aromatic carbocycles. The number of hydrogen-bond acceptors (Lipinski definition) is 3. The molecule has 100 valence electrons. The van der Waals surface area contributed by atoms with Crippen LogP contribution < -0.4 is 5.32 Å². The molecule has 0 saturated carbocycles. The van der Waals surface area contributed by atoms with Crippen molar-refractivity contribution in [3.8, 4) is 0 Å². The van der Waals surface area contributed by atoms with E-state index >= 15 is 0 Å². The zero-order valence-corrected chi connectivity index (χ0v) is 12.5. The molecule has 2 nitrogen and oxygen atoms in total. The zero-order valence-electron chi connectivity index (χ0n) is 11.7. The van der Waals surface area contributed by atoms with E-state index in [0.717, 1.165) is 0 Å². The summed E-state index contributed by atoms with van der Waals surface area (Å²) in [5.74, 6) is 0. The number of aryl methyl sites for hydroxylation is 2. The first kappa shape index (κ1) is 13.8. The van der Waals surface area contributed by atoms with Crippen LogP contribution in [0.4, 0.5) is 0 Å². The van der Waals surface area contributed by atoms with Crippen LogP contribution in [0.2, 0.25) is 0 Å². The molecule has 2 rings (SSSR count). The van der Waals surface area contributed by atoms with Crippen molar-refractivity contribution in [2.75, 3.05) is 0 Å². The lowest BCUT2D eigenvalue weighted by Gasteiger charge is -2.21. The van der Waals surface area contributed by atoms with Crippen LogP contribution >= 0.6 is 11.3 Å². The molecule has 3 heteroatoms. The highest BCUT2D eigenvalue weighted by Crippen LogP contribution is 2.25. The van der Waals surface area contributed by atoms with E-state index < -0.39 is 0 Å². The van der Waals surface area contributed by atoms with Crippen LogP contribution in [-0.4, -0.2) is 11.0 Å². The van der Waals surface area contributed by atoms with Crippen molar-refractivity contribution >= 4 is 11.3 Å². The maximum atomic E-state index is 4.52. The molecule has 1 aromatic rings. The lowest BCUT2D eigenvalue weighted by molar-refractivity contribution is 0.464. The second-order valence-corrected chi connectivity index (χ2v) is 6.48. The van der Waals surface area contributed by atoms with Gasteiger partial charge in [-0.3, -0.25) is 0 Å². The van der Waals surface area contributed by atoms with Gasteiger partial charge >= 0.3 is 0 Å². The minimum absolute atomic E-state index is 0.408. The molecular weight excluding hydrogens is 240 g/mol. The fourth-order valence-electron chi connectivity index (χ4n) is 2.64. The number of nitrogens with one attached hydrogen (secondary N) is 1. The van der Waals surface area contributed by atoms with Crippen LogP contribution in [0.25, 0.3) is 0 Å². The topological polar surface area (TPSA) is 24.9 Å². The maximum Gasteiger partial charge on any atom is 0.0900 e. The average Bonchev–Trinajstić information content (AvgIpc) is 2.61. The normalized spacial score (nSPS) is 24.3. The summed E-state index contributed by atoms with van der Waals surface area (Å²) in [7, 11) is 0. The van der Waals surface area contributed by atoms with Gasteiger partial charge in [-0.15, -0.1) is 11.3 Å². The largest absolute Gasteiger partial charge is 0.303 e. The Hall–Kier alpha value is -0.670. The molecule has 0 saturated heterocycles. The van der Waals surface area contributed by atoms with Gasteiger partial charge in [0.05, 0.1) is 10.7 Å². The van der Waals surface area contributed by atoms with Gasteiger partial charge in [0, 0.05) is 17.0 Å². The third kappa shape index (κ3) is 3.66. The summed E-state index contributed by atoms with van der Waals surface area (Å²) in [6, 6.07) is 0.937. The molecule has 1 aromatic heterocycles. The number of nitrogens with zero attached hydrogens (tertiary/aromatic N) is 1. The SMILES string of the molecule is Cc1nc(C)c(C(C)NC2/C=C/CCCCC2)s1. The summed E-state index contributed by atoms with van der Waals surface area (Å²) in [5, 5.41) is 4.91. The molecule has 0 radical (unpaired) electrons. The second kappa shape index (κ2) is 6.48. The summed E-state index contributed by atoms with van der Waals surface area (Å²) >= 11 is 1.82. The number of thiazole rings is 1. The molecule has 18 heavy (non-hydrogen) atoms. The molecular formula is C15H24N2S. The highest BCUT2D eigenvalue weighted by molar-refractivity contribution is 7.11. The molecule has 0 bridgehead atoms. The predicted octanol–water partition coefficient (Wildman–Crippen LogP) is 4.30. The van der Waals surface area contributed by atoms with Crippen molar-refractivity contribution in [3.05, 3.63) is 27.7 Å². The minimum atomic E-state index is 0.408. The first-order valence-corrected chi connectivity index (χ1v) is 7.85. The standard InChI is InChI=1S/C15H24N2S/c1-11-15(18-13(3)16-11)12(2)17-14-9-7-5-4-6-8-10-14/h7,9,12,14,17H,4-6,8,10H2,1-3H3/b9-7+. The van der Waals surface area contributed by atoms with E-state index in [1.807, 2.05) is 11.3 Å². The van der Waals surface area contributed by atoms with E-state index in [9.17, 15) is 0 Å². The number of hydrogen-bond donors (Lipinski definition) is 1. The van der Waals surface area contributed by atoms with Crippen LogP contribution in [0.3, 0.4) is 0 Å². The Bertz CT molecular complexity index is 409. The third-order valence-corrected chi connectivity index (χ3v) is 4.81. The van der Waals surface area contributed by atoms with Gasteiger partial charge in [0.25, 0.3) is 0 Å². The number of aromatic nitrogens is 1. The van der Waals surface area contributed by atoms with Crippen LogP contribution in [0, 0.1) is 13.8 Å². The van der Waals surface area contributed by atoms with Crippen molar-refractivity contribution in [1.82, 2.24) is 10.3 Å². The van der Waals surface area contributed by atoms with E-state index in [0.29, 0.717) is 12.1 Å². The molecule has 0 aliphatic heterocycles. The van der Waals surface area contributed by atoms with Crippen molar-refractivity contribution in [2.24, 2.45) is 0 Å². The summed E-state index contributed by atoms with van der Waals surface area (Å²) < 4.78 is 0. The van der Waals surface area contributed by atoms with Gasteiger partial charge in [-0.05, 0) is 40.0 Å². The van der Waals surface area contributed by atoms with E-state index in [4.69, 9.17) is 0 Å². The Morgan fingerprint density at radius 2 is 2.17 bits per heavy atom. The summed E-state index contributed by atoms with van der Waals surface area (Å²) in [5.41, 5.74) is 1.19. The van der Waals surface area contributed by atoms with Crippen LogP contribution in [0.15, 0.2) is 12.2 Å². The van der Waals surface area contributed by atoms with Gasteiger partial charge in [0.15, 0.2) is 0 Å². The van der Waals surface area contributed by atoms with Gasteiger partial charge in [-0.25, -0.2) is 4.98 Å². The highest BCUT2D eigenvalue weighted by Gasteiger charge is 2.16. The van der Waals surface area contributed by atoms with Crippen LogP contribution in [0.1, 0.15) is 60.6 Å². The van der Waals surface area contributed by atoms with Gasteiger partial charge < -0.3 is 5.32 Å². The first-order chi connectivity index (χ1) is 8.66. The van der Waals surface area contributed by atoms with E-state index in [2.05, 4.69) is 43.2 Å². The summed E-state index contributed by atoms with van der Waals surface area (Å²) in [4.78, 5) is 5.91. The Morgan fingerprint density at radius 1 is 1.33 bits per heavy atom. The third-order valence-electron chi connectivity index (χ3n) is 3.55. The van der Waals surface area contributed by atoms with Crippen LogP contribution in [0.5, 0.6) is 0 Å². The first-order valence-electron chi connectivity index (χ1n) is 7.03. The van der Waals surface area contributed by atoms with Crippen molar-refractivity contribution in [2.45, 2.75) is 65.0 Å². The van der Waals surface area contributed by atoms with Gasteiger partial charge in [0.2, 0.25) is 0 Å². The molecule has 1 heterocycles. The summed E-state index contributed by atoms with van der Waals surface area (Å²) in [6.45, 7) is 6.46. The highest BCUT2D eigenvalue weighted by atomic mass is 32.1. The molecule has 0 fully saturated rings. The molecule has 2 unspecified atom stereocenters. The molecule has 1 aliphatic carbocycles. The Morgan fingerprint density at radius 3 is 2.89 bits per heavy atom. The van der Waals surface area contributed by atoms with Crippen molar-refractivity contribution in [3.63, 3.8) is 0 Å². The molecule has 2 atom stereocenters. The lowest BCUT2D eigenvalue weighted by atomic mass is 10.0. The van der Waals surface area contributed by atoms with E-state index in [-0.39, 0.29) is 0 Å². The van der Waals surface area contributed by atoms with Crippen molar-refractivity contribution < 1.29 is 0 Å². The van der Waals surface area contributed by atoms with Crippen molar-refractivity contribution in [1.29, 1.82) is 0 Å². The predicted molar refractivity (Wildman–Crippen MR) is 79.2 cm³/mol. The Balaban J connectivity index is 1.99. The van der Waals surface area contributed by atoms with Gasteiger partial charge in [-0.1, -0.05) is 25.0 Å². The molecule has 0 amide bonds.